The lowest BCUT2D eigenvalue weighted by Crippen LogP contribution is -2.24. The summed E-state index contributed by atoms with van der Waals surface area (Å²) in [4.78, 5) is 31.7. The van der Waals surface area contributed by atoms with E-state index in [-0.39, 0.29) is 17.9 Å². The molecule has 0 saturated heterocycles. The van der Waals surface area contributed by atoms with Gasteiger partial charge in [0.2, 0.25) is 5.91 Å². The van der Waals surface area contributed by atoms with Crippen LogP contribution >= 0.6 is 0 Å². The van der Waals surface area contributed by atoms with E-state index in [4.69, 9.17) is 4.74 Å². The van der Waals surface area contributed by atoms with Gasteiger partial charge in [-0.2, -0.15) is 0 Å². The van der Waals surface area contributed by atoms with E-state index in [1.54, 1.807) is 18.2 Å². The molecule has 0 spiro atoms. The molecule has 6 nitrogen and oxygen atoms in total. The predicted molar refractivity (Wildman–Crippen MR) is 120 cm³/mol. The van der Waals surface area contributed by atoms with Crippen molar-refractivity contribution in [3.8, 4) is 5.75 Å². The van der Waals surface area contributed by atoms with Gasteiger partial charge in [0.15, 0.2) is 0 Å². The molecule has 1 aromatic heterocycles. The minimum atomic E-state index is -0.187. The highest BCUT2D eigenvalue weighted by atomic mass is 16.5. The highest BCUT2D eigenvalue weighted by molar-refractivity contribution is 5.78. The molecule has 0 aliphatic carbocycles. The Bertz CT molecular complexity index is 1240. The van der Waals surface area contributed by atoms with E-state index in [2.05, 4.69) is 15.3 Å². The van der Waals surface area contributed by atoms with Crippen LogP contribution in [-0.2, 0) is 24.4 Å². The number of hydrogen-bond donors (Lipinski definition) is 2. The zero-order valence-electron chi connectivity index (χ0n) is 17.0. The van der Waals surface area contributed by atoms with Crippen LogP contribution in [-0.4, -0.2) is 15.9 Å². The van der Waals surface area contributed by atoms with Crippen molar-refractivity contribution in [1.29, 1.82) is 0 Å². The van der Waals surface area contributed by atoms with E-state index >= 15 is 0 Å². The Morgan fingerprint density at radius 1 is 0.903 bits per heavy atom. The minimum absolute atomic E-state index is 0.102. The Morgan fingerprint density at radius 2 is 1.61 bits per heavy atom. The van der Waals surface area contributed by atoms with E-state index in [9.17, 15) is 9.59 Å². The Hall–Kier alpha value is -3.93. The highest BCUT2D eigenvalue weighted by Gasteiger charge is 2.08. The largest absolute Gasteiger partial charge is 0.489 e. The van der Waals surface area contributed by atoms with Gasteiger partial charge in [-0.05, 0) is 35.4 Å². The third-order valence-corrected chi connectivity index (χ3v) is 4.98. The second-order valence-corrected chi connectivity index (χ2v) is 7.18. The van der Waals surface area contributed by atoms with Crippen LogP contribution in [0.5, 0.6) is 5.75 Å². The lowest BCUT2D eigenvalue weighted by atomic mass is 10.1. The van der Waals surface area contributed by atoms with Crippen molar-refractivity contribution < 1.29 is 9.53 Å². The number of H-pyrrole nitrogens is 1. The average molecular weight is 413 g/mol. The SMILES string of the molecule is O=C(CCc1nc2ccccc2c(=O)[nH]1)NCc1ccccc1COc1ccccc1. The third-order valence-electron chi connectivity index (χ3n) is 4.98. The maximum Gasteiger partial charge on any atom is 0.258 e. The number of rotatable bonds is 8. The van der Waals surface area contributed by atoms with Crippen LogP contribution in [0.1, 0.15) is 23.4 Å². The standard InChI is InChI=1S/C25H23N3O3/c29-24(15-14-23-27-22-13-7-6-12-21(22)25(30)28-23)26-16-18-8-4-5-9-19(18)17-31-20-10-2-1-3-11-20/h1-13H,14-17H2,(H,26,29)(H,27,28,30). The summed E-state index contributed by atoms with van der Waals surface area (Å²) in [6.07, 6.45) is 0.606. The number of aryl methyl sites for hydroxylation is 1. The van der Waals surface area contributed by atoms with Crippen LogP contribution < -0.4 is 15.6 Å². The summed E-state index contributed by atoms with van der Waals surface area (Å²) in [6.45, 7) is 0.840. The molecule has 0 bridgehead atoms. The van der Waals surface area contributed by atoms with Crippen molar-refractivity contribution in [1.82, 2.24) is 15.3 Å². The van der Waals surface area contributed by atoms with Gasteiger partial charge in [-0.3, -0.25) is 9.59 Å². The van der Waals surface area contributed by atoms with Gasteiger partial charge in [-0.1, -0.05) is 54.6 Å². The number of para-hydroxylation sites is 2. The quantitative estimate of drug-likeness (QED) is 0.461. The molecule has 0 saturated carbocycles. The predicted octanol–water partition coefficient (Wildman–Crippen LogP) is 3.75. The fourth-order valence-corrected chi connectivity index (χ4v) is 3.32. The fraction of sp³-hybridized carbons (Fsp3) is 0.160. The first-order valence-electron chi connectivity index (χ1n) is 10.2. The molecule has 0 unspecified atom stereocenters. The van der Waals surface area contributed by atoms with Crippen molar-refractivity contribution in [3.05, 3.63) is 106 Å². The van der Waals surface area contributed by atoms with Gasteiger partial charge in [-0.25, -0.2) is 4.98 Å². The zero-order chi connectivity index (χ0) is 21.5. The lowest BCUT2D eigenvalue weighted by molar-refractivity contribution is -0.121. The summed E-state index contributed by atoms with van der Waals surface area (Å²) >= 11 is 0. The molecule has 4 aromatic rings. The Balaban J connectivity index is 1.32. The third kappa shape index (κ3) is 5.36. The number of hydrogen-bond acceptors (Lipinski definition) is 4. The monoisotopic (exact) mass is 413 g/mol. The molecule has 156 valence electrons. The molecular formula is C25H23N3O3. The van der Waals surface area contributed by atoms with E-state index < -0.39 is 0 Å². The Labute approximate surface area is 179 Å². The number of carbonyl (C=O) groups is 1. The van der Waals surface area contributed by atoms with Gasteiger partial charge < -0.3 is 15.0 Å². The molecule has 0 radical (unpaired) electrons. The fourth-order valence-electron chi connectivity index (χ4n) is 3.32. The summed E-state index contributed by atoms with van der Waals surface area (Å²) in [5.41, 5.74) is 2.47. The van der Waals surface area contributed by atoms with E-state index in [1.807, 2.05) is 60.7 Å². The number of nitrogens with one attached hydrogen (secondary N) is 2. The van der Waals surface area contributed by atoms with Gasteiger partial charge >= 0.3 is 0 Å². The van der Waals surface area contributed by atoms with Gasteiger partial charge in [0.25, 0.3) is 5.56 Å². The van der Waals surface area contributed by atoms with Crippen molar-refractivity contribution in [2.24, 2.45) is 0 Å². The van der Waals surface area contributed by atoms with Crippen LogP contribution in [0.2, 0.25) is 0 Å². The molecule has 0 aliphatic heterocycles. The van der Waals surface area contributed by atoms with Crippen LogP contribution in [0.3, 0.4) is 0 Å². The first kappa shape index (κ1) is 20.3. The summed E-state index contributed by atoms with van der Waals surface area (Å²) in [5, 5.41) is 3.49. The number of aromatic nitrogens is 2. The number of aromatic amines is 1. The lowest BCUT2D eigenvalue weighted by Gasteiger charge is -2.12. The second-order valence-electron chi connectivity index (χ2n) is 7.18. The molecule has 0 aliphatic rings. The van der Waals surface area contributed by atoms with Crippen LogP contribution in [0.4, 0.5) is 0 Å². The smallest absolute Gasteiger partial charge is 0.258 e. The van der Waals surface area contributed by atoms with E-state index in [0.717, 1.165) is 16.9 Å². The first-order chi connectivity index (χ1) is 15.2. The molecule has 4 rings (SSSR count). The van der Waals surface area contributed by atoms with E-state index in [1.165, 1.54) is 0 Å². The van der Waals surface area contributed by atoms with E-state index in [0.29, 0.717) is 36.3 Å². The number of fused-ring (bicyclic) bond motifs is 1. The topological polar surface area (TPSA) is 84.1 Å². The normalized spacial score (nSPS) is 10.7. The summed E-state index contributed by atoms with van der Waals surface area (Å²) in [6, 6.07) is 24.7. The maximum atomic E-state index is 12.4. The molecular weight excluding hydrogens is 390 g/mol. The van der Waals surface area contributed by atoms with Gasteiger partial charge in [0.05, 0.1) is 10.9 Å². The number of nitrogens with zero attached hydrogens (tertiary/aromatic N) is 1. The molecule has 1 amide bonds. The maximum absolute atomic E-state index is 12.4. The number of benzene rings is 3. The van der Waals surface area contributed by atoms with Crippen molar-refractivity contribution in [2.45, 2.75) is 26.0 Å². The first-order valence-corrected chi connectivity index (χ1v) is 10.2. The Kier molecular flexibility index (Phi) is 6.38. The highest BCUT2D eigenvalue weighted by Crippen LogP contribution is 2.15. The second kappa shape index (κ2) is 9.71. The van der Waals surface area contributed by atoms with Gasteiger partial charge in [-0.15, -0.1) is 0 Å². The molecule has 1 heterocycles. The molecule has 0 fully saturated rings. The zero-order valence-corrected chi connectivity index (χ0v) is 17.0. The van der Waals surface area contributed by atoms with Crippen LogP contribution in [0, 0.1) is 0 Å². The molecule has 2 N–H and O–H groups in total. The number of carbonyl (C=O) groups excluding carboxylic acids is 1. The Morgan fingerprint density at radius 3 is 2.45 bits per heavy atom. The summed E-state index contributed by atoms with van der Waals surface area (Å²) in [7, 11) is 0. The van der Waals surface area contributed by atoms with Gasteiger partial charge in [0.1, 0.15) is 18.2 Å². The van der Waals surface area contributed by atoms with Crippen LogP contribution in [0.25, 0.3) is 10.9 Å². The summed E-state index contributed by atoms with van der Waals surface area (Å²) < 4.78 is 5.84. The van der Waals surface area contributed by atoms with Crippen molar-refractivity contribution >= 4 is 16.8 Å². The molecule has 6 heteroatoms. The molecule has 3 aromatic carbocycles. The molecule has 31 heavy (non-hydrogen) atoms. The van der Waals surface area contributed by atoms with Crippen molar-refractivity contribution in [2.75, 3.05) is 0 Å². The van der Waals surface area contributed by atoms with Gasteiger partial charge in [0, 0.05) is 19.4 Å². The molecule has 0 atom stereocenters. The van der Waals surface area contributed by atoms with Crippen LogP contribution in [0.15, 0.2) is 83.7 Å². The number of amides is 1. The average Bonchev–Trinajstić information content (AvgIpc) is 2.81. The minimum Gasteiger partial charge on any atom is -0.489 e. The number of ether oxygens (including phenoxy) is 1. The summed E-state index contributed by atoms with van der Waals surface area (Å²) in [5.74, 6) is 1.21. The van der Waals surface area contributed by atoms with Crippen molar-refractivity contribution in [3.63, 3.8) is 0 Å².